The summed E-state index contributed by atoms with van der Waals surface area (Å²) in [7, 11) is 0. The Morgan fingerprint density at radius 1 is 1.29 bits per heavy atom. The zero-order valence-electron chi connectivity index (χ0n) is 11.3. The normalized spacial score (nSPS) is 17.2. The fourth-order valence-corrected chi connectivity index (χ4v) is 2.79. The predicted molar refractivity (Wildman–Crippen MR) is 75.7 cm³/mol. The molecule has 1 heterocycles. The summed E-state index contributed by atoms with van der Waals surface area (Å²) in [5.74, 6) is -1.64. The molecule has 1 aliphatic heterocycles. The summed E-state index contributed by atoms with van der Waals surface area (Å²) in [5, 5.41) is 11.9. The number of hydrogen-bond donors (Lipinski definition) is 2. The topological polar surface area (TPSA) is 75.6 Å². The van der Waals surface area contributed by atoms with Crippen molar-refractivity contribution in [3.8, 4) is 0 Å². The van der Waals surface area contributed by atoms with Crippen LogP contribution in [0.5, 0.6) is 0 Å². The van der Waals surface area contributed by atoms with E-state index in [1.807, 2.05) is 0 Å². The van der Waals surface area contributed by atoms with Crippen molar-refractivity contribution < 1.29 is 23.8 Å². The molecular formula is C14H16FNO4S. The van der Waals surface area contributed by atoms with Gasteiger partial charge in [-0.05, 0) is 24.3 Å². The van der Waals surface area contributed by atoms with Gasteiger partial charge in [0.25, 0.3) is 0 Å². The lowest BCUT2D eigenvalue weighted by molar-refractivity contribution is -0.151. The maximum atomic E-state index is 12.8. The number of carbonyl (C=O) groups is 2. The van der Waals surface area contributed by atoms with Gasteiger partial charge in [0.1, 0.15) is 11.4 Å². The van der Waals surface area contributed by atoms with E-state index in [4.69, 9.17) is 4.74 Å². The SMILES string of the molecule is O=C(CSc1ccc(F)cc1)NC1(C(=O)O)CCOCC1. The van der Waals surface area contributed by atoms with Gasteiger partial charge >= 0.3 is 5.97 Å². The van der Waals surface area contributed by atoms with Crippen molar-refractivity contribution in [1.29, 1.82) is 0 Å². The van der Waals surface area contributed by atoms with Gasteiger partial charge in [-0.1, -0.05) is 0 Å². The Hall–Kier alpha value is -1.60. The Balaban J connectivity index is 1.90. The lowest BCUT2D eigenvalue weighted by Crippen LogP contribution is -2.57. The van der Waals surface area contributed by atoms with Crippen LogP contribution >= 0.6 is 11.8 Å². The second-order valence-corrected chi connectivity index (χ2v) is 5.84. The van der Waals surface area contributed by atoms with Crippen LogP contribution in [-0.2, 0) is 14.3 Å². The van der Waals surface area contributed by atoms with E-state index < -0.39 is 11.5 Å². The van der Waals surface area contributed by atoms with Gasteiger partial charge in [0, 0.05) is 31.0 Å². The van der Waals surface area contributed by atoms with Crippen LogP contribution in [0.25, 0.3) is 0 Å². The van der Waals surface area contributed by atoms with E-state index in [1.165, 1.54) is 23.9 Å². The smallest absolute Gasteiger partial charge is 0.329 e. The summed E-state index contributed by atoms with van der Waals surface area (Å²) in [6, 6.07) is 5.79. The number of nitrogens with one attached hydrogen (secondary N) is 1. The second kappa shape index (κ2) is 6.91. The molecule has 0 aliphatic carbocycles. The summed E-state index contributed by atoms with van der Waals surface area (Å²) in [5.41, 5.74) is -1.24. The van der Waals surface area contributed by atoms with Crippen molar-refractivity contribution in [1.82, 2.24) is 5.32 Å². The van der Waals surface area contributed by atoms with Crippen LogP contribution < -0.4 is 5.32 Å². The van der Waals surface area contributed by atoms with Crippen molar-refractivity contribution in [2.45, 2.75) is 23.3 Å². The highest BCUT2D eigenvalue weighted by molar-refractivity contribution is 8.00. The molecule has 2 N–H and O–H groups in total. The van der Waals surface area contributed by atoms with Gasteiger partial charge in [-0.2, -0.15) is 0 Å². The summed E-state index contributed by atoms with van der Waals surface area (Å²) in [6.07, 6.45) is 0.518. The third-order valence-corrected chi connectivity index (χ3v) is 4.33. The molecule has 2 rings (SSSR count). The highest BCUT2D eigenvalue weighted by Gasteiger charge is 2.41. The van der Waals surface area contributed by atoms with Gasteiger partial charge in [-0.15, -0.1) is 11.8 Å². The van der Waals surface area contributed by atoms with Gasteiger partial charge in [0.15, 0.2) is 0 Å². The summed E-state index contributed by atoms with van der Waals surface area (Å²) in [4.78, 5) is 24.1. The van der Waals surface area contributed by atoms with E-state index in [0.717, 1.165) is 4.90 Å². The van der Waals surface area contributed by atoms with Crippen LogP contribution in [0.3, 0.4) is 0 Å². The average molecular weight is 313 g/mol. The molecule has 0 atom stereocenters. The summed E-state index contributed by atoms with van der Waals surface area (Å²) >= 11 is 1.23. The quantitative estimate of drug-likeness (QED) is 0.809. The Morgan fingerprint density at radius 2 is 1.90 bits per heavy atom. The molecule has 1 aromatic carbocycles. The number of benzene rings is 1. The van der Waals surface area contributed by atoms with Crippen LogP contribution in [0, 0.1) is 5.82 Å². The Morgan fingerprint density at radius 3 is 2.48 bits per heavy atom. The van der Waals surface area contributed by atoms with Gasteiger partial charge in [-0.3, -0.25) is 4.79 Å². The van der Waals surface area contributed by atoms with Crippen LogP contribution in [-0.4, -0.2) is 41.5 Å². The van der Waals surface area contributed by atoms with Gasteiger partial charge < -0.3 is 15.2 Å². The van der Waals surface area contributed by atoms with Crippen molar-refractivity contribution in [2.24, 2.45) is 0 Å². The maximum absolute atomic E-state index is 12.8. The van der Waals surface area contributed by atoms with Crippen molar-refractivity contribution in [3.05, 3.63) is 30.1 Å². The molecule has 1 fully saturated rings. The third kappa shape index (κ3) is 4.18. The molecule has 0 spiro atoms. The fraction of sp³-hybridized carbons (Fsp3) is 0.429. The Bertz CT molecular complexity index is 514. The first kappa shape index (κ1) is 15.8. The molecule has 1 aromatic rings. The van der Waals surface area contributed by atoms with E-state index in [9.17, 15) is 19.1 Å². The van der Waals surface area contributed by atoms with E-state index in [2.05, 4.69) is 5.32 Å². The number of carboxylic acids is 1. The summed E-state index contributed by atoms with van der Waals surface area (Å²) < 4.78 is 17.9. The number of rotatable bonds is 5. The lowest BCUT2D eigenvalue weighted by atomic mass is 9.90. The van der Waals surface area contributed by atoms with Crippen molar-refractivity contribution in [2.75, 3.05) is 19.0 Å². The number of amides is 1. The number of carbonyl (C=O) groups excluding carboxylic acids is 1. The molecule has 0 bridgehead atoms. The maximum Gasteiger partial charge on any atom is 0.329 e. The minimum Gasteiger partial charge on any atom is -0.480 e. The highest BCUT2D eigenvalue weighted by atomic mass is 32.2. The zero-order chi connectivity index (χ0) is 15.3. The van der Waals surface area contributed by atoms with E-state index in [0.29, 0.717) is 13.2 Å². The molecule has 0 aromatic heterocycles. The molecule has 1 amide bonds. The first-order chi connectivity index (χ1) is 10.0. The van der Waals surface area contributed by atoms with Crippen LogP contribution in [0.4, 0.5) is 4.39 Å². The molecular weight excluding hydrogens is 297 g/mol. The average Bonchev–Trinajstić information content (AvgIpc) is 2.47. The number of ether oxygens (including phenoxy) is 1. The van der Waals surface area contributed by atoms with Crippen LogP contribution in [0.15, 0.2) is 29.2 Å². The third-order valence-electron chi connectivity index (χ3n) is 3.32. The number of hydrogen-bond acceptors (Lipinski definition) is 4. The predicted octanol–water partition coefficient (Wildman–Crippen LogP) is 1.67. The molecule has 114 valence electrons. The molecule has 0 unspecified atom stereocenters. The minimum atomic E-state index is -1.24. The monoisotopic (exact) mass is 313 g/mol. The molecule has 1 saturated heterocycles. The molecule has 0 saturated carbocycles. The van der Waals surface area contributed by atoms with E-state index >= 15 is 0 Å². The number of aliphatic carboxylic acids is 1. The van der Waals surface area contributed by atoms with Gasteiger partial charge in [0.2, 0.25) is 5.91 Å². The Kier molecular flexibility index (Phi) is 5.19. The fourth-order valence-electron chi connectivity index (χ4n) is 2.09. The first-order valence-corrected chi connectivity index (χ1v) is 7.51. The first-order valence-electron chi connectivity index (χ1n) is 6.52. The Labute approximate surface area is 125 Å². The highest BCUT2D eigenvalue weighted by Crippen LogP contribution is 2.22. The second-order valence-electron chi connectivity index (χ2n) is 4.79. The standard InChI is InChI=1S/C14H16FNO4S/c15-10-1-3-11(4-2-10)21-9-12(17)16-14(13(18)19)5-7-20-8-6-14/h1-4H,5-9H2,(H,16,17)(H,18,19). The number of carboxylic acid groups (broad SMARTS) is 1. The minimum absolute atomic E-state index is 0.0848. The largest absolute Gasteiger partial charge is 0.480 e. The number of halogens is 1. The molecule has 0 radical (unpaired) electrons. The summed E-state index contributed by atoms with van der Waals surface area (Å²) in [6.45, 7) is 0.634. The van der Waals surface area contributed by atoms with Crippen molar-refractivity contribution >= 4 is 23.6 Å². The molecule has 7 heteroatoms. The van der Waals surface area contributed by atoms with Gasteiger partial charge in [0.05, 0.1) is 5.75 Å². The lowest BCUT2D eigenvalue weighted by Gasteiger charge is -2.33. The van der Waals surface area contributed by atoms with Gasteiger partial charge in [-0.25, -0.2) is 9.18 Å². The van der Waals surface area contributed by atoms with E-state index in [-0.39, 0.29) is 30.3 Å². The zero-order valence-corrected chi connectivity index (χ0v) is 12.1. The van der Waals surface area contributed by atoms with Crippen LogP contribution in [0.1, 0.15) is 12.8 Å². The van der Waals surface area contributed by atoms with Crippen molar-refractivity contribution in [3.63, 3.8) is 0 Å². The molecule has 21 heavy (non-hydrogen) atoms. The van der Waals surface area contributed by atoms with E-state index in [1.54, 1.807) is 12.1 Å². The molecule has 5 nitrogen and oxygen atoms in total. The number of thioether (sulfide) groups is 1. The molecule has 1 aliphatic rings. The van der Waals surface area contributed by atoms with Crippen LogP contribution in [0.2, 0.25) is 0 Å².